The minimum Gasteiger partial charge on any atom is -0.495 e. The van der Waals surface area contributed by atoms with Crippen LogP contribution in [0, 0.1) is 5.92 Å². The van der Waals surface area contributed by atoms with E-state index in [4.69, 9.17) is 14.6 Å². The van der Waals surface area contributed by atoms with Crippen LogP contribution in [0.15, 0.2) is 18.2 Å². The van der Waals surface area contributed by atoms with Crippen LogP contribution in [0.4, 0.5) is 5.69 Å². The van der Waals surface area contributed by atoms with Gasteiger partial charge in [0.15, 0.2) is 0 Å². The molecule has 0 radical (unpaired) electrons. The number of benzene rings is 1. The number of ether oxygens (including phenoxy) is 2. The van der Waals surface area contributed by atoms with Gasteiger partial charge in [0.2, 0.25) is 5.91 Å². The first-order valence-electron chi connectivity index (χ1n) is 6.39. The molecule has 2 N–H and O–H groups in total. The highest BCUT2D eigenvalue weighted by Crippen LogP contribution is 2.29. The van der Waals surface area contributed by atoms with Gasteiger partial charge in [0, 0.05) is 0 Å². The highest BCUT2D eigenvalue weighted by Gasteiger charge is 2.21. The van der Waals surface area contributed by atoms with Crippen molar-refractivity contribution in [3.05, 3.63) is 23.8 Å². The largest absolute Gasteiger partial charge is 0.495 e. The molecule has 0 heterocycles. The number of carboxylic acids is 1. The summed E-state index contributed by atoms with van der Waals surface area (Å²) in [7, 11) is 1.42. The molecule has 6 nitrogen and oxygen atoms in total. The molecule has 108 valence electrons. The van der Waals surface area contributed by atoms with Crippen molar-refractivity contribution in [2.75, 3.05) is 25.6 Å². The Morgan fingerprint density at radius 1 is 1.40 bits per heavy atom. The zero-order valence-electron chi connectivity index (χ0n) is 11.2. The average Bonchev–Trinajstić information content (AvgIpc) is 3.23. The maximum Gasteiger partial charge on any atom is 0.335 e. The monoisotopic (exact) mass is 279 g/mol. The number of aromatic carboxylic acids is 1. The summed E-state index contributed by atoms with van der Waals surface area (Å²) >= 11 is 0. The number of carbonyl (C=O) groups is 2. The van der Waals surface area contributed by atoms with Crippen LogP contribution >= 0.6 is 0 Å². The van der Waals surface area contributed by atoms with Gasteiger partial charge in [0.25, 0.3) is 0 Å². The SMILES string of the molecule is COc1cc(C(=O)O)ccc1NC(=O)COCC1CC1. The number of hydrogen-bond acceptors (Lipinski definition) is 4. The van der Waals surface area contributed by atoms with Crippen LogP contribution in [0.5, 0.6) is 5.75 Å². The van der Waals surface area contributed by atoms with E-state index in [2.05, 4.69) is 5.32 Å². The maximum atomic E-state index is 11.7. The number of anilines is 1. The molecule has 0 bridgehead atoms. The number of carbonyl (C=O) groups excluding carboxylic acids is 1. The Labute approximate surface area is 116 Å². The summed E-state index contributed by atoms with van der Waals surface area (Å²) in [6.45, 7) is 0.600. The van der Waals surface area contributed by atoms with E-state index < -0.39 is 5.97 Å². The second kappa shape index (κ2) is 6.38. The molecule has 0 unspecified atom stereocenters. The molecule has 6 heteroatoms. The quantitative estimate of drug-likeness (QED) is 0.794. The fraction of sp³-hybridized carbons (Fsp3) is 0.429. The standard InChI is InChI=1S/C14H17NO5/c1-19-12-6-10(14(17)18)4-5-11(12)15-13(16)8-20-7-9-2-3-9/h4-6,9H,2-3,7-8H2,1H3,(H,15,16)(H,17,18). The molecule has 20 heavy (non-hydrogen) atoms. The Kier molecular flexibility index (Phi) is 4.57. The molecular weight excluding hydrogens is 262 g/mol. The minimum atomic E-state index is -1.05. The summed E-state index contributed by atoms with van der Waals surface area (Å²) in [4.78, 5) is 22.5. The summed E-state index contributed by atoms with van der Waals surface area (Å²) in [5.41, 5.74) is 0.530. The maximum absolute atomic E-state index is 11.7. The van der Waals surface area contributed by atoms with Crippen molar-refractivity contribution >= 4 is 17.6 Å². The molecule has 2 rings (SSSR count). The van der Waals surface area contributed by atoms with E-state index >= 15 is 0 Å². The highest BCUT2D eigenvalue weighted by atomic mass is 16.5. The van der Waals surface area contributed by atoms with Gasteiger partial charge in [-0.15, -0.1) is 0 Å². The van der Waals surface area contributed by atoms with Crippen molar-refractivity contribution in [2.45, 2.75) is 12.8 Å². The van der Waals surface area contributed by atoms with E-state index in [0.29, 0.717) is 24.0 Å². The summed E-state index contributed by atoms with van der Waals surface area (Å²) in [5, 5.41) is 11.5. The molecule has 0 atom stereocenters. The number of amides is 1. The molecule has 1 aliphatic carbocycles. The van der Waals surface area contributed by atoms with Gasteiger partial charge in [-0.3, -0.25) is 4.79 Å². The van der Waals surface area contributed by atoms with E-state index in [-0.39, 0.29) is 18.1 Å². The number of methoxy groups -OCH3 is 1. The van der Waals surface area contributed by atoms with Crippen LogP contribution in [0.1, 0.15) is 23.2 Å². The third-order valence-corrected chi connectivity index (χ3v) is 3.01. The number of hydrogen-bond donors (Lipinski definition) is 2. The van der Waals surface area contributed by atoms with Crippen molar-refractivity contribution in [1.29, 1.82) is 0 Å². The van der Waals surface area contributed by atoms with Crippen molar-refractivity contribution in [3.63, 3.8) is 0 Å². The lowest BCUT2D eigenvalue weighted by Gasteiger charge is -2.11. The van der Waals surface area contributed by atoms with Gasteiger partial charge in [0.1, 0.15) is 12.4 Å². The molecule has 1 saturated carbocycles. The van der Waals surface area contributed by atoms with Crippen molar-refractivity contribution in [2.24, 2.45) is 5.92 Å². The molecule has 1 aromatic rings. The minimum absolute atomic E-state index is 0.0136. The van der Waals surface area contributed by atoms with E-state index in [1.54, 1.807) is 0 Å². The lowest BCUT2D eigenvalue weighted by atomic mass is 10.2. The third kappa shape index (κ3) is 3.96. The second-order valence-corrected chi connectivity index (χ2v) is 4.73. The van der Waals surface area contributed by atoms with Crippen LogP contribution in [-0.4, -0.2) is 37.3 Å². The van der Waals surface area contributed by atoms with Gasteiger partial charge in [0.05, 0.1) is 25.0 Å². The van der Waals surface area contributed by atoms with Crippen LogP contribution in [0.3, 0.4) is 0 Å². The van der Waals surface area contributed by atoms with E-state index in [1.807, 2.05) is 0 Å². The summed E-state index contributed by atoms with van der Waals surface area (Å²) in [5.74, 6) is -0.423. The van der Waals surface area contributed by atoms with Crippen LogP contribution < -0.4 is 10.1 Å². The van der Waals surface area contributed by atoms with Crippen molar-refractivity contribution in [3.8, 4) is 5.75 Å². The molecule has 1 aromatic carbocycles. The van der Waals surface area contributed by atoms with E-state index in [9.17, 15) is 9.59 Å². The van der Waals surface area contributed by atoms with E-state index in [1.165, 1.54) is 38.2 Å². The van der Waals surface area contributed by atoms with Gasteiger partial charge < -0.3 is 19.9 Å². The Balaban J connectivity index is 1.92. The Hall–Kier alpha value is -2.08. The molecule has 0 saturated heterocycles. The van der Waals surface area contributed by atoms with Crippen LogP contribution in [0.25, 0.3) is 0 Å². The predicted molar refractivity (Wildman–Crippen MR) is 72.1 cm³/mol. The summed E-state index contributed by atoms with van der Waals surface area (Å²) in [6, 6.07) is 4.27. The lowest BCUT2D eigenvalue weighted by molar-refractivity contribution is -0.120. The molecule has 0 aromatic heterocycles. The van der Waals surface area contributed by atoms with E-state index in [0.717, 1.165) is 0 Å². The first-order chi connectivity index (χ1) is 9.60. The Morgan fingerprint density at radius 2 is 2.15 bits per heavy atom. The molecule has 1 fully saturated rings. The highest BCUT2D eigenvalue weighted by molar-refractivity contribution is 5.95. The van der Waals surface area contributed by atoms with Crippen molar-refractivity contribution in [1.82, 2.24) is 0 Å². The summed E-state index contributed by atoms with van der Waals surface area (Å²) in [6.07, 6.45) is 2.35. The number of carboxylic acid groups (broad SMARTS) is 1. The van der Waals surface area contributed by atoms with Crippen LogP contribution in [-0.2, 0) is 9.53 Å². The molecule has 0 spiro atoms. The van der Waals surface area contributed by atoms with Gasteiger partial charge in [-0.1, -0.05) is 0 Å². The van der Waals surface area contributed by atoms with Gasteiger partial charge >= 0.3 is 5.97 Å². The zero-order chi connectivity index (χ0) is 14.5. The zero-order valence-corrected chi connectivity index (χ0v) is 11.2. The summed E-state index contributed by atoms with van der Waals surface area (Å²) < 4.78 is 10.4. The predicted octanol–water partition coefficient (Wildman–Crippen LogP) is 1.76. The normalized spacial score (nSPS) is 13.8. The fourth-order valence-corrected chi connectivity index (χ4v) is 1.72. The van der Waals surface area contributed by atoms with Crippen LogP contribution in [0.2, 0.25) is 0 Å². The van der Waals surface area contributed by atoms with Crippen molar-refractivity contribution < 1.29 is 24.2 Å². The first kappa shape index (κ1) is 14.3. The fourth-order valence-electron chi connectivity index (χ4n) is 1.72. The lowest BCUT2D eigenvalue weighted by Crippen LogP contribution is -2.19. The molecular formula is C14H17NO5. The molecule has 1 amide bonds. The second-order valence-electron chi connectivity index (χ2n) is 4.73. The topological polar surface area (TPSA) is 84.9 Å². The molecule has 0 aliphatic heterocycles. The first-order valence-corrected chi connectivity index (χ1v) is 6.39. The third-order valence-electron chi connectivity index (χ3n) is 3.01. The number of rotatable bonds is 7. The average molecular weight is 279 g/mol. The smallest absolute Gasteiger partial charge is 0.335 e. The Bertz CT molecular complexity index is 510. The Morgan fingerprint density at radius 3 is 2.75 bits per heavy atom. The van der Waals surface area contributed by atoms with Gasteiger partial charge in [-0.2, -0.15) is 0 Å². The molecule has 1 aliphatic rings. The number of nitrogens with one attached hydrogen (secondary N) is 1. The van der Waals surface area contributed by atoms with Gasteiger partial charge in [-0.25, -0.2) is 4.79 Å². The van der Waals surface area contributed by atoms with Gasteiger partial charge in [-0.05, 0) is 37.0 Å².